The fourth-order valence-corrected chi connectivity index (χ4v) is 2.32. The lowest BCUT2D eigenvalue weighted by Crippen LogP contribution is -2.12. The van der Waals surface area contributed by atoms with Crippen LogP contribution >= 0.6 is 0 Å². The molecule has 0 saturated heterocycles. The lowest BCUT2D eigenvalue weighted by atomic mass is 10.2. The Morgan fingerprint density at radius 3 is 2.76 bits per heavy atom. The average molecular weight is 397 g/mol. The van der Waals surface area contributed by atoms with Crippen molar-refractivity contribution in [3.8, 4) is 11.5 Å². The number of aromatic nitrogens is 3. The molecule has 0 atom stereocenters. The molecular formula is C19H16FN5O4. The Morgan fingerprint density at radius 2 is 2.03 bits per heavy atom. The first-order chi connectivity index (χ1) is 14.0. The summed E-state index contributed by atoms with van der Waals surface area (Å²) in [5, 5.41) is 2.85. The zero-order chi connectivity index (χ0) is 20.8. The number of nitrogens with zero attached hydrogens (tertiary/aromatic N) is 3. The van der Waals surface area contributed by atoms with Crippen LogP contribution in [0.25, 0.3) is 0 Å². The van der Waals surface area contributed by atoms with Crippen molar-refractivity contribution in [1.82, 2.24) is 15.0 Å². The molecule has 0 saturated carbocycles. The minimum atomic E-state index is -0.724. The number of nitrogens with one attached hydrogen (secondary N) is 1. The third-order valence-electron chi connectivity index (χ3n) is 3.61. The molecule has 148 valence electrons. The fraction of sp³-hybridized carbons (Fsp3) is 0.105. The molecule has 0 spiro atoms. The maximum absolute atomic E-state index is 14.5. The molecular weight excluding hydrogens is 381 g/mol. The van der Waals surface area contributed by atoms with Gasteiger partial charge in [0.25, 0.3) is 5.91 Å². The van der Waals surface area contributed by atoms with Crippen molar-refractivity contribution in [3.63, 3.8) is 0 Å². The van der Waals surface area contributed by atoms with Gasteiger partial charge in [-0.1, -0.05) is 0 Å². The number of amides is 1. The maximum Gasteiger partial charge on any atom is 0.343 e. The molecule has 0 aliphatic carbocycles. The minimum Gasteiger partial charge on any atom is -0.462 e. The first-order valence-corrected chi connectivity index (χ1v) is 8.45. The number of halogens is 1. The lowest BCUT2D eigenvalue weighted by Gasteiger charge is -2.11. The zero-order valence-electron chi connectivity index (χ0n) is 15.3. The van der Waals surface area contributed by atoms with Gasteiger partial charge < -0.3 is 20.5 Å². The van der Waals surface area contributed by atoms with Crippen LogP contribution in [0.5, 0.6) is 11.5 Å². The number of carbonyl (C=O) groups excluding carboxylic acids is 2. The van der Waals surface area contributed by atoms with Crippen molar-refractivity contribution in [2.75, 3.05) is 11.9 Å². The van der Waals surface area contributed by atoms with Crippen molar-refractivity contribution < 1.29 is 23.5 Å². The molecule has 3 aromatic rings. The van der Waals surface area contributed by atoms with E-state index in [4.69, 9.17) is 15.2 Å². The number of rotatable bonds is 7. The third kappa shape index (κ3) is 4.80. The van der Waals surface area contributed by atoms with Gasteiger partial charge in [-0.25, -0.2) is 19.2 Å². The number of hydrogen-bond acceptors (Lipinski definition) is 8. The highest BCUT2D eigenvalue weighted by Gasteiger charge is 2.15. The molecule has 0 unspecified atom stereocenters. The maximum atomic E-state index is 14.5. The predicted molar refractivity (Wildman–Crippen MR) is 101 cm³/mol. The second-order valence-corrected chi connectivity index (χ2v) is 5.62. The van der Waals surface area contributed by atoms with Crippen LogP contribution in [0, 0.1) is 5.82 Å². The molecule has 1 amide bonds. The summed E-state index contributed by atoms with van der Waals surface area (Å²) in [6, 6.07) is 6.85. The Balaban J connectivity index is 1.80. The van der Waals surface area contributed by atoms with Gasteiger partial charge in [0.1, 0.15) is 29.2 Å². The van der Waals surface area contributed by atoms with E-state index in [0.717, 1.165) is 0 Å². The summed E-state index contributed by atoms with van der Waals surface area (Å²) in [4.78, 5) is 34.8. The molecule has 0 fully saturated rings. The lowest BCUT2D eigenvalue weighted by molar-refractivity contribution is 0.0526. The van der Waals surface area contributed by atoms with Crippen LogP contribution in [0.2, 0.25) is 0 Å². The quantitative estimate of drug-likeness (QED) is 0.582. The number of ether oxygens (including phenoxy) is 2. The fourth-order valence-electron chi connectivity index (χ4n) is 2.32. The van der Waals surface area contributed by atoms with Crippen LogP contribution in [-0.4, -0.2) is 33.4 Å². The van der Waals surface area contributed by atoms with Gasteiger partial charge in [-0.2, -0.15) is 0 Å². The molecule has 9 nitrogen and oxygen atoms in total. The van der Waals surface area contributed by atoms with Gasteiger partial charge in [0.2, 0.25) is 0 Å². The molecule has 0 aliphatic heterocycles. The summed E-state index contributed by atoms with van der Waals surface area (Å²) >= 11 is 0. The summed E-state index contributed by atoms with van der Waals surface area (Å²) < 4.78 is 24.9. The number of benzene rings is 1. The Bertz CT molecular complexity index is 1060. The van der Waals surface area contributed by atoms with Crippen LogP contribution in [0.4, 0.5) is 15.9 Å². The van der Waals surface area contributed by atoms with E-state index in [1.54, 1.807) is 6.92 Å². The van der Waals surface area contributed by atoms with Gasteiger partial charge >= 0.3 is 5.97 Å². The molecule has 3 N–H and O–H groups in total. The SMILES string of the molecule is CCOC(=O)c1cncnc1Nc1ccc(Oc2ccnc(C(N)=O)c2)c(F)c1. The summed E-state index contributed by atoms with van der Waals surface area (Å²) in [7, 11) is 0. The molecule has 0 aliphatic rings. The van der Waals surface area contributed by atoms with Crippen molar-refractivity contribution in [1.29, 1.82) is 0 Å². The van der Waals surface area contributed by atoms with Gasteiger partial charge in [-0.3, -0.25) is 9.78 Å². The highest BCUT2D eigenvalue weighted by molar-refractivity contribution is 5.95. The van der Waals surface area contributed by atoms with Crippen molar-refractivity contribution in [3.05, 3.63) is 66.1 Å². The van der Waals surface area contributed by atoms with E-state index in [2.05, 4.69) is 20.3 Å². The number of nitrogens with two attached hydrogens (primary N) is 1. The second-order valence-electron chi connectivity index (χ2n) is 5.62. The van der Waals surface area contributed by atoms with E-state index in [-0.39, 0.29) is 35.2 Å². The van der Waals surface area contributed by atoms with Gasteiger partial charge in [-0.05, 0) is 25.1 Å². The van der Waals surface area contributed by atoms with Gasteiger partial charge in [-0.15, -0.1) is 0 Å². The highest BCUT2D eigenvalue weighted by Crippen LogP contribution is 2.28. The Labute approximate surface area is 164 Å². The Kier molecular flexibility index (Phi) is 5.93. The van der Waals surface area contributed by atoms with Crippen LogP contribution in [0.15, 0.2) is 49.1 Å². The smallest absolute Gasteiger partial charge is 0.343 e. The minimum absolute atomic E-state index is 0.00329. The summed E-state index contributed by atoms with van der Waals surface area (Å²) in [6.07, 6.45) is 3.88. The molecule has 1 aromatic carbocycles. The second kappa shape index (κ2) is 8.74. The zero-order valence-corrected chi connectivity index (χ0v) is 15.3. The summed E-state index contributed by atoms with van der Waals surface area (Å²) in [5.41, 5.74) is 5.61. The largest absolute Gasteiger partial charge is 0.462 e. The van der Waals surface area contributed by atoms with Crippen LogP contribution in [-0.2, 0) is 4.74 Å². The van der Waals surface area contributed by atoms with E-state index in [0.29, 0.717) is 5.69 Å². The van der Waals surface area contributed by atoms with E-state index in [9.17, 15) is 14.0 Å². The van der Waals surface area contributed by atoms with E-state index in [1.165, 1.54) is 49.1 Å². The Morgan fingerprint density at radius 1 is 1.21 bits per heavy atom. The average Bonchev–Trinajstić information content (AvgIpc) is 2.71. The van der Waals surface area contributed by atoms with Gasteiger partial charge in [0.15, 0.2) is 11.6 Å². The summed E-state index contributed by atoms with van der Waals surface area (Å²) in [5.74, 6) is -1.71. The van der Waals surface area contributed by atoms with Crippen LogP contribution < -0.4 is 15.8 Å². The van der Waals surface area contributed by atoms with Crippen LogP contribution in [0.1, 0.15) is 27.8 Å². The molecule has 0 bridgehead atoms. The predicted octanol–water partition coefficient (Wildman–Crippen LogP) is 2.82. The molecule has 0 radical (unpaired) electrons. The van der Waals surface area contributed by atoms with E-state index < -0.39 is 17.7 Å². The van der Waals surface area contributed by atoms with Crippen molar-refractivity contribution in [2.45, 2.75) is 6.92 Å². The highest BCUT2D eigenvalue weighted by atomic mass is 19.1. The summed E-state index contributed by atoms with van der Waals surface area (Å²) in [6.45, 7) is 1.87. The molecule has 3 rings (SSSR count). The number of primary amides is 1. The first-order valence-electron chi connectivity index (χ1n) is 8.45. The third-order valence-corrected chi connectivity index (χ3v) is 3.61. The molecule has 29 heavy (non-hydrogen) atoms. The number of esters is 1. The monoisotopic (exact) mass is 397 g/mol. The van der Waals surface area contributed by atoms with Gasteiger partial charge in [0, 0.05) is 30.2 Å². The van der Waals surface area contributed by atoms with Crippen molar-refractivity contribution >= 4 is 23.4 Å². The normalized spacial score (nSPS) is 10.3. The van der Waals surface area contributed by atoms with Crippen LogP contribution in [0.3, 0.4) is 0 Å². The van der Waals surface area contributed by atoms with E-state index >= 15 is 0 Å². The molecule has 2 aromatic heterocycles. The van der Waals surface area contributed by atoms with E-state index in [1.807, 2.05) is 0 Å². The topological polar surface area (TPSA) is 129 Å². The number of hydrogen-bond donors (Lipinski definition) is 2. The first kappa shape index (κ1) is 19.7. The van der Waals surface area contributed by atoms with Gasteiger partial charge in [0.05, 0.1) is 6.61 Å². The number of anilines is 2. The standard InChI is InChI=1S/C19H16FN5O4/c1-2-28-19(27)13-9-22-10-24-18(13)25-11-3-4-16(14(20)7-11)29-12-5-6-23-15(8-12)17(21)26/h3-10H,2H2,1H3,(H2,21,26)(H,22,24,25). The molecule has 10 heteroatoms. The molecule has 2 heterocycles. The Hall–Kier alpha value is -4.08. The number of pyridine rings is 1. The number of carbonyl (C=O) groups is 2. The van der Waals surface area contributed by atoms with Crippen molar-refractivity contribution in [2.24, 2.45) is 5.73 Å².